The molecule has 2 rings (SSSR count). The second kappa shape index (κ2) is 6.50. The summed E-state index contributed by atoms with van der Waals surface area (Å²) in [5.74, 6) is 0. The highest BCUT2D eigenvalue weighted by Gasteiger charge is 2.41. The van der Waals surface area contributed by atoms with E-state index in [0.29, 0.717) is 0 Å². The van der Waals surface area contributed by atoms with E-state index in [1.807, 2.05) is 17.9 Å². The van der Waals surface area contributed by atoms with Crippen molar-refractivity contribution in [1.29, 1.82) is 0 Å². The third kappa shape index (κ3) is 3.55. The Hall–Kier alpha value is -0.910. The van der Waals surface area contributed by atoms with E-state index >= 15 is 0 Å². The summed E-state index contributed by atoms with van der Waals surface area (Å²) in [6, 6.07) is 0. The van der Waals surface area contributed by atoms with E-state index in [-0.39, 0.29) is 11.5 Å². The first kappa shape index (κ1) is 14.5. The van der Waals surface area contributed by atoms with Gasteiger partial charge in [0.05, 0.1) is 18.9 Å². The molecule has 1 aromatic rings. The van der Waals surface area contributed by atoms with Gasteiger partial charge in [-0.3, -0.25) is 4.68 Å². The highest BCUT2D eigenvalue weighted by Crippen LogP contribution is 2.37. The number of hydrogen-bond acceptors (Lipinski definition) is 4. The van der Waals surface area contributed by atoms with Crippen molar-refractivity contribution in [3.8, 4) is 0 Å². The monoisotopic (exact) mass is 267 g/mol. The van der Waals surface area contributed by atoms with Gasteiger partial charge >= 0.3 is 0 Å². The zero-order chi connectivity index (χ0) is 13.7. The van der Waals surface area contributed by atoms with Crippen molar-refractivity contribution in [3.05, 3.63) is 18.0 Å². The van der Waals surface area contributed by atoms with Crippen LogP contribution in [0, 0.1) is 5.41 Å². The number of aryl methyl sites for hydroxylation is 1. The fourth-order valence-electron chi connectivity index (χ4n) is 2.83. The summed E-state index contributed by atoms with van der Waals surface area (Å²) >= 11 is 0. The minimum atomic E-state index is 0.177. The van der Waals surface area contributed by atoms with Crippen molar-refractivity contribution in [2.75, 3.05) is 33.4 Å². The van der Waals surface area contributed by atoms with Gasteiger partial charge in [0.1, 0.15) is 0 Å². The molecule has 5 nitrogen and oxygen atoms in total. The average Bonchev–Trinajstić information content (AvgIpc) is 2.94. The van der Waals surface area contributed by atoms with Crippen LogP contribution in [0.2, 0.25) is 0 Å². The molecule has 19 heavy (non-hydrogen) atoms. The molecule has 0 radical (unpaired) electrons. The van der Waals surface area contributed by atoms with E-state index in [2.05, 4.69) is 23.5 Å². The maximum Gasteiger partial charge on any atom is 0.0619 e. The highest BCUT2D eigenvalue weighted by atomic mass is 16.5. The van der Waals surface area contributed by atoms with E-state index in [9.17, 15) is 0 Å². The lowest BCUT2D eigenvalue weighted by atomic mass is 9.76. The Labute approximate surface area is 115 Å². The molecule has 0 bridgehead atoms. The fraction of sp³-hybridized carbons (Fsp3) is 0.786. The molecule has 0 saturated carbocycles. The van der Waals surface area contributed by atoms with Crippen molar-refractivity contribution in [1.82, 2.24) is 15.1 Å². The maximum absolute atomic E-state index is 5.81. The summed E-state index contributed by atoms with van der Waals surface area (Å²) < 4.78 is 12.8. The van der Waals surface area contributed by atoms with Crippen molar-refractivity contribution in [2.45, 2.75) is 25.9 Å². The Balaban J connectivity index is 1.98. The minimum absolute atomic E-state index is 0.177. The molecule has 0 aliphatic carbocycles. The van der Waals surface area contributed by atoms with E-state index in [1.54, 1.807) is 7.11 Å². The largest absolute Gasteiger partial charge is 0.383 e. The number of aromatic nitrogens is 2. The molecule has 108 valence electrons. The van der Waals surface area contributed by atoms with Crippen LogP contribution in [-0.2, 0) is 22.9 Å². The Morgan fingerprint density at radius 1 is 1.63 bits per heavy atom. The molecule has 2 heterocycles. The highest BCUT2D eigenvalue weighted by molar-refractivity contribution is 5.10. The molecule has 2 unspecified atom stereocenters. The average molecular weight is 267 g/mol. The molecule has 5 heteroatoms. The summed E-state index contributed by atoms with van der Waals surface area (Å²) in [5.41, 5.74) is 1.46. The summed E-state index contributed by atoms with van der Waals surface area (Å²) in [6.45, 7) is 5.64. The van der Waals surface area contributed by atoms with Gasteiger partial charge in [0, 0.05) is 45.5 Å². The topological polar surface area (TPSA) is 48.3 Å². The minimum Gasteiger partial charge on any atom is -0.383 e. The van der Waals surface area contributed by atoms with Gasteiger partial charge in [-0.05, 0) is 25.3 Å². The standard InChI is InChI=1S/C14H25N3O2/c1-12-14(4-6-19-12,11-15-5-7-18-3)8-13-9-16-17(2)10-13/h9-10,12,15H,4-8,11H2,1-3H3. The predicted octanol–water partition coefficient (Wildman–Crippen LogP) is 0.994. The van der Waals surface area contributed by atoms with Crippen LogP contribution in [0.15, 0.2) is 12.4 Å². The zero-order valence-electron chi connectivity index (χ0n) is 12.2. The van der Waals surface area contributed by atoms with Gasteiger partial charge in [-0.15, -0.1) is 0 Å². The van der Waals surface area contributed by atoms with Crippen LogP contribution in [0.3, 0.4) is 0 Å². The molecule has 0 amide bonds. The molecule has 1 aliphatic heterocycles. The van der Waals surface area contributed by atoms with Gasteiger partial charge in [-0.1, -0.05) is 0 Å². The van der Waals surface area contributed by atoms with Crippen LogP contribution in [0.5, 0.6) is 0 Å². The number of methoxy groups -OCH3 is 1. The van der Waals surface area contributed by atoms with E-state index in [1.165, 1.54) is 5.56 Å². The number of nitrogens with zero attached hydrogens (tertiary/aromatic N) is 2. The second-order valence-electron chi connectivity index (χ2n) is 5.49. The number of ether oxygens (including phenoxy) is 2. The Morgan fingerprint density at radius 3 is 3.05 bits per heavy atom. The molecule has 1 N–H and O–H groups in total. The van der Waals surface area contributed by atoms with Crippen molar-refractivity contribution in [2.24, 2.45) is 12.5 Å². The van der Waals surface area contributed by atoms with Crippen LogP contribution in [0.25, 0.3) is 0 Å². The molecular formula is C14H25N3O2. The van der Waals surface area contributed by atoms with Gasteiger partial charge in [-0.25, -0.2) is 0 Å². The normalized spacial score (nSPS) is 27.0. The number of hydrogen-bond donors (Lipinski definition) is 1. The smallest absolute Gasteiger partial charge is 0.0619 e. The lowest BCUT2D eigenvalue weighted by molar-refractivity contribution is 0.0619. The van der Waals surface area contributed by atoms with Crippen LogP contribution in [-0.4, -0.2) is 49.3 Å². The first-order valence-corrected chi connectivity index (χ1v) is 6.95. The van der Waals surface area contributed by atoms with Gasteiger partial charge in [0.2, 0.25) is 0 Å². The molecule has 1 aromatic heterocycles. The third-order valence-corrected chi connectivity index (χ3v) is 4.10. The third-order valence-electron chi connectivity index (χ3n) is 4.10. The molecule has 1 saturated heterocycles. The second-order valence-corrected chi connectivity index (χ2v) is 5.49. The SMILES string of the molecule is COCCNCC1(Cc2cnn(C)c2)CCOC1C. The van der Waals surface area contributed by atoms with Crippen LogP contribution >= 0.6 is 0 Å². The van der Waals surface area contributed by atoms with Crippen LogP contribution in [0.1, 0.15) is 18.9 Å². The molecule has 0 spiro atoms. The Bertz CT molecular complexity index is 394. The van der Waals surface area contributed by atoms with Crippen LogP contribution < -0.4 is 5.32 Å². The van der Waals surface area contributed by atoms with E-state index in [4.69, 9.17) is 9.47 Å². The van der Waals surface area contributed by atoms with E-state index in [0.717, 1.165) is 39.1 Å². The first-order chi connectivity index (χ1) is 9.16. The molecule has 1 fully saturated rings. The summed E-state index contributed by atoms with van der Waals surface area (Å²) in [4.78, 5) is 0. The predicted molar refractivity (Wildman–Crippen MR) is 74.1 cm³/mol. The van der Waals surface area contributed by atoms with Gasteiger partial charge < -0.3 is 14.8 Å². The lowest BCUT2D eigenvalue weighted by Crippen LogP contribution is -2.42. The molecular weight excluding hydrogens is 242 g/mol. The molecule has 2 atom stereocenters. The van der Waals surface area contributed by atoms with Gasteiger partial charge in [0.25, 0.3) is 0 Å². The van der Waals surface area contributed by atoms with Crippen molar-refractivity contribution < 1.29 is 9.47 Å². The number of nitrogens with one attached hydrogen (secondary N) is 1. The fourth-order valence-corrected chi connectivity index (χ4v) is 2.83. The quantitative estimate of drug-likeness (QED) is 0.749. The summed E-state index contributed by atoms with van der Waals surface area (Å²) in [7, 11) is 3.69. The van der Waals surface area contributed by atoms with Crippen LogP contribution in [0.4, 0.5) is 0 Å². The molecule has 0 aromatic carbocycles. The summed E-state index contributed by atoms with van der Waals surface area (Å²) in [6.07, 6.45) is 6.46. The lowest BCUT2D eigenvalue weighted by Gasteiger charge is -2.32. The Kier molecular flexibility index (Phi) is 4.96. The molecule has 1 aliphatic rings. The Morgan fingerprint density at radius 2 is 2.47 bits per heavy atom. The van der Waals surface area contributed by atoms with Crippen molar-refractivity contribution >= 4 is 0 Å². The van der Waals surface area contributed by atoms with Crippen molar-refractivity contribution in [3.63, 3.8) is 0 Å². The van der Waals surface area contributed by atoms with E-state index < -0.39 is 0 Å². The van der Waals surface area contributed by atoms with Gasteiger partial charge in [0.15, 0.2) is 0 Å². The summed E-state index contributed by atoms with van der Waals surface area (Å²) in [5, 5.41) is 7.75. The number of rotatable bonds is 7. The maximum atomic E-state index is 5.81. The zero-order valence-corrected chi connectivity index (χ0v) is 12.2. The first-order valence-electron chi connectivity index (χ1n) is 6.95. The van der Waals surface area contributed by atoms with Gasteiger partial charge in [-0.2, -0.15) is 5.10 Å².